The van der Waals surface area contributed by atoms with Gasteiger partial charge in [-0.2, -0.15) is 0 Å². The molecule has 2 aliphatic rings. The molecule has 2 aromatic heterocycles. The quantitative estimate of drug-likeness (QED) is 0.338. The second-order valence-electron chi connectivity index (χ2n) is 9.60. The number of benzene rings is 2. The Balaban J connectivity index is 1.75. The van der Waals surface area contributed by atoms with Gasteiger partial charge in [0.2, 0.25) is 0 Å². The fourth-order valence-electron chi connectivity index (χ4n) is 5.55. The van der Waals surface area contributed by atoms with Gasteiger partial charge in [0.1, 0.15) is 11.6 Å². The predicted octanol–water partition coefficient (Wildman–Crippen LogP) is 6.01. The van der Waals surface area contributed by atoms with E-state index < -0.39 is 11.4 Å². The lowest BCUT2D eigenvalue weighted by atomic mass is 9.86. The number of pyridine rings is 1. The number of fused-ring (bicyclic) bond motifs is 4. The van der Waals surface area contributed by atoms with E-state index in [1.165, 1.54) is 4.90 Å². The molecule has 1 unspecified atom stereocenters. The highest BCUT2D eigenvalue weighted by atomic mass is 35.5. The maximum atomic E-state index is 14.4. The van der Waals surface area contributed by atoms with E-state index in [4.69, 9.17) is 32.9 Å². The molecule has 1 N–H and O–H groups in total. The van der Waals surface area contributed by atoms with Gasteiger partial charge in [0.25, 0.3) is 11.8 Å². The van der Waals surface area contributed by atoms with Crippen LogP contribution in [0.3, 0.4) is 0 Å². The largest absolute Gasteiger partial charge is 0.496 e. The van der Waals surface area contributed by atoms with E-state index in [0.29, 0.717) is 49.8 Å². The van der Waals surface area contributed by atoms with Gasteiger partial charge in [0.15, 0.2) is 11.2 Å². The molecule has 8 nitrogen and oxygen atoms in total. The normalized spacial score (nSPS) is 17.8. The Hall–Kier alpha value is -3.88. The van der Waals surface area contributed by atoms with Gasteiger partial charge in [-0.25, -0.2) is 4.98 Å². The summed E-state index contributed by atoms with van der Waals surface area (Å²) in [4.78, 5) is 39.3. The van der Waals surface area contributed by atoms with Crippen LogP contribution in [0.1, 0.15) is 47.2 Å². The van der Waals surface area contributed by atoms with Gasteiger partial charge in [0, 0.05) is 39.7 Å². The second kappa shape index (κ2) is 8.58. The Morgan fingerprint density at radius 3 is 2.53 bits per heavy atom. The van der Waals surface area contributed by atoms with Crippen LogP contribution in [0, 0.1) is 6.92 Å². The van der Waals surface area contributed by atoms with E-state index in [0.717, 1.165) is 5.56 Å². The summed E-state index contributed by atoms with van der Waals surface area (Å²) < 4.78 is 7.52. The van der Waals surface area contributed by atoms with Gasteiger partial charge in [0.05, 0.1) is 24.1 Å². The average molecular weight is 548 g/mol. The van der Waals surface area contributed by atoms with Gasteiger partial charge in [-0.3, -0.25) is 19.5 Å². The number of halogens is 2. The van der Waals surface area contributed by atoms with Crippen molar-refractivity contribution in [3.63, 3.8) is 0 Å². The first kappa shape index (κ1) is 24.5. The summed E-state index contributed by atoms with van der Waals surface area (Å²) in [6, 6.07) is 12.0. The van der Waals surface area contributed by atoms with E-state index in [9.17, 15) is 9.59 Å². The Labute approximate surface area is 229 Å². The predicted molar refractivity (Wildman–Crippen MR) is 146 cm³/mol. The molecule has 1 atom stereocenters. The maximum Gasteiger partial charge on any atom is 0.280 e. The molecule has 0 bridgehead atoms. The van der Waals surface area contributed by atoms with Crippen LogP contribution >= 0.6 is 23.2 Å². The number of imidazole rings is 1. The molecule has 192 valence electrons. The van der Waals surface area contributed by atoms with Crippen molar-refractivity contribution < 1.29 is 14.3 Å². The van der Waals surface area contributed by atoms with Crippen LogP contribution in [-0.4, -0.2) is 33.5 Å². The third-order valence-corrected chi connectivity index (χ3v) is 7.58. The van der Waals surface area contributed by atoms with Crippen molar-refractivity contribution in [2.45, 2.75) is 32.4 Å². The number of carbonyl (C=O) groups is 2. The van der Waals surface area contributed by atoms with Gasteiger partial charge in [-0.05, 0) is 56.7 Å². The lowest BCUT2D eigenvalue weighted by Crippen LogP contribution is -2.51. The van der Waals surface area contributed by atoms with Gasteiger partial charge >= 0.3 is 0 Å². The summed E-state index contributed by atoms with van der Waals surface area (Å²) in [7, 11) is 1.57. The molecule has 0 aliphatic carbocycles. The molecule has 10 heteroatoms. The molecular formula is C28H23Cl2N5O3. The van der Waals surface area contributed by atoms with Crippen molar-refractivity contribution in [2.24, 2.45) is 0 Å². The highest BCUT2D eigenvalue weighted by Gasteiger charge is 2.64. The zero-order valence-electron chi connectivity index (χ0n) is 21.0. The van der Waals surface area contributed by atoms with Crippen molar-refractivity contribution in [3.8, 4) is 17.1 Å². The third kappa shape index (κ3) is 3.17. The number of nitrogens with one attached hydrogen (secondary N) is 1. The molecule has 2 amide bonds. The SMILES string of the molecule is COc1ccncc1-c1nc2c(n1C(C)C)C1(C(=O)Nc3cc(Cl)ccc31)N(c1cc(Cl)ccc1C)C2=O. The Bertz CT molecular complexity index is 1660. The van der Waals surface area contributed by atoms with Crippen molar-refractivity contribution in [3.05, 3.63) is 87.4 Å². The number of hydrogen-bond acceptors (Lipinski definition) is 5. The Kier molecular flexibility index (Phi) is 5.52. The van der Waals surface area contributed by atoms with Crippen LogP contribution in [-0.2, 0) is 10.3 Å². The summed E-state index contributed by atoms with van der Waals surface area (Å²) in [5.41, 5.74) is 2.15. The molecule has 0 saturated heterocycles. The fourth-order valence-corrected chi connectivity index (χ4v) is 5.89. The molecule has 6 rings (SSSR count). The number of carbonyl (C=O) groups excluding carboxylic acids is 2. The molecule has 4 heterocycles. The second-order valence-corrected chi connectivity index (χ2v) is 10.5. The third-order valence-electron chi connectivity index (χ3n) is 7.11. The topological polar surface area (TPSA) is 89.3 Å². The van der Waals surface area contributed by atoms with Crippen molar-refractivity contribution in [2.75, 3.05) is 17.3 Å². The van der Waals surface area contributed by atoms with E-state index in [1.807, 2.05) is 31.4 Å². The summed E-state index contributed by atoms with van der Waals surface area (Å²) in [5, 5.41) is 3.89. The monoisotopic (exact) mass is 547 g/mol. The van der Waals surface area contributed by atoms with Crippen LogP contribution < -0.4 is 15.0 Å². The smallest absolute Gasteiger partial charge is 0.280 e. The number of aryl methyl sites for hydroxylation is 1. The number of ether oxygens (including phenoxy) is 1. The lowest BCUT2D eigenvalue weighted by molar-refractivity contribution is -0.119. The van der Waals surface area contributed by atoms with Gasteiger partial charge in [-0.1, -0.05) is 35.3 Å². The number of nitrogens with zero attached hydrogens (tertiary/aromatic N) is 4. The number of methoxy groups -OCH3 is 1. The minimum atomic E-state index is -1.55. The van der Waals surface area contributed by atoms with E-state index in [1.54, 1.807) is 55.9 Å². The summed E-state index contributed by atoms with van der Waals surface area (Å²) in [5.74, 6) is 0.248. The number of rotatable bonds is 4. The molecular weight excluding hydrogens is 525 g/mol. The van der Waals surface area contributed by atoms with Crippen molar-refractivity contribution in [1.29, 1.82) is 0 Å². The van der Waals surface area contributed by atoms with Crippen molar-refractivity contribution in [1.82, 2.24) is 14.5 Å². The lowest BCUT2D eigenvalue weighted by Gasteiger charge is -2.36. The van der Waals surface area contributed by atoms with Crippen molar-refractivity contribution >= 4 is 46.4 Å². The van der Waals surface area contributed by atoms with Gasteiger partial charge < -0.3 is 14.6 Å². The van der Waals surface area contributed by atoms with E-state index in [-0.39, 0.29) is 17.6 Å². The first-order valence-electron chi connectivity index (χ1n) is 12.0. The number of hydrogen-bond donors (Lipinski definition) is 1. The standard InChI is InChI=1S/C28H23Cl2N5O3/c1-14(2)34-24-23(33-25(34)18-13-31-10-9-22(18)38-4)26(36)35(21-12-17(30)6-5-15(21)3)28(24)19-8-7-16(29)11-20(19)32-27(28)37/h5-14H,1-4H3,(H,32,37). The van der Waals surface area contributed by atoms with Crippen LogP contribution in [0.25, 0.3) is 11.4 Å². The number of aromatic nitrogens is 3. The van der Waals surface area contributed by atoms with Crippen LogP contribution in [0.4, 0.5) is 11.4 Å². The van der Waals surface area contributed by atoms with Crippen LogP contribution in [0.2, 0.25) is 10.0 Å². The molecule has 2 aromatic carbocycles. The fraction of sp³-hybridized carbons (Fsp3) is 0.214. The minimum Gasteiger partial charge on any atom is -0.496 e. The first-order valence-corrected chi connectivity index (χ1v) is 12.8. The zero-order valence-corrected chi connectivity index (χ0v) is 22.6. The molecule has 0 fully saturated rings. The summed E-state index contributed by atoms with van der Waals surface area (Å²) in [6.07, 6.45) is 3.27. The average Bonchev–Trinajstić information content (AvgIpc) is 3.49. The minimum absolute atomic E-state index is 0.178. The summed E-state index contributed by atoms with van der Waals surface area (Å²) in [6.45, 7) is 5.84. The molecule has 0 saturated carbocycles. The number of anilines is 2. The zero-order chi connectivity index (χ0) is 26.9. The molecule has 4 aromatic rings. The van der Waals surface area contributed by atoms with Gasteiger partial charge in [-0.15, -0.1) is 0 Å². The first-order chi connectivity index (χ1) is 18.2. The van der Waals surface area contributed by atoms with Crippen LogP contribution in [0.5, 0.6) is 5.75 Å². The highest BCUT2D eigenvalue weighted by molar-refractivity contribution is 6.32. The Morgan fingerprint density at radius 1 is 1.05 bits per heavy atom. The molecule has 2 aliphatic heterocycles. The summed E-state index contributed by atoms with van der Waals surface area (Å²) >= 11 is 12.7. The molecule has 0 radical (unpaired) electrons. The number of amides is 2. The highest BCUT2D eigenvalue weighted by Crippen LogP contribution is 2.55. The van der Waals surface area contributed by atoms with E-state index >= 15 is 0 Å². The molecule has 1 spiro atoms. The molecule has 38 heavy (non-hydrogen) atoms. The van der Waals surface area contributed by atoms with Crippen LogP contribution in [0.15, 0.2) is 54.9 Å². The maximum absolute atomic E-state index is 14.4. The van der Waals surface area contributed by atoms with E-state index in [2.05, 4.69) is 10.3 Å². The Morgan fingerprint density at radius 2 is 1.79 bits per heavy atom.